The topological polar surface area (TPSA) is 84.7 Å². The lowest BCUT2D eigenvalue weighted by Gasteiger charge is -2.16. The Morgan fingerprint density at radius 2 is 1.90 bits per heavy atom. The van der Waals surface area contributed by atoms with E-state index in [0.29, 0.717) is 45.1 Å². The Labute approximate surface area is 189 Å². The molecule has 0 spiro atoms. The second kappa shape index (κ2) is 10.3. The zero-order valence-electron chi connectivity index (χ0n) is 17.0. The molecule has 0 aliphatic heterocycles. The molecule has 1 N–H and O–H groups in total. The molecule has 0 fully saturated rings. The van der Waals surface area contributed by atoms with Gasteiger partial charge in [0.2, 0.25) is 11.8 Å². The fourth-order valence-corrected chi connectivity index (χ4v) is 3.32. The summed E-state index contributed by atoms with van der Waals surface area (Å²) >= 11 is 12.1. The Kier molecular flexibility index (Phi) is 7.55. The number of hydrogen-bond donors (Lipinski definition) is 1. The third-order valence-electron chi connectivity index (χ3n) is 4.48. The number of hydrogen-bond acceptors (Lipinski definition) is 5. The zero-order chi connectivity index (χ0) is 22.4. The molecule has 0 aliphatic carbocycles. The third kappa shape index (κ3) is 6.23. The van der Waals surface area contributed by atoms with Crippen LogP contribution in [0.2, 0.25) is 10.0 Å². The molecule has 0 saturated heterocycles. The van der Waals surface area contributed by atoms with Gasteiger partial charge in [-0.05, 0) is 42.5 Å². The van der Waals surface area contributed by atoms with E-state index in [2.05, 4.69) is 10.3 Å². The number of aromatic nitrogens is 1. The normalized spacial score (nSPS) is 10.6. The van der Waals surface area contributed by atoms with Crippen molar-refractivity contribution in [2.45, 2.75) is 12.8 Å². The van der Waals surface area contributed by atoms with E-state index in [1.807, 2.05) is 0 Å². The first-order valence-electron chi connectivity index (χ1n) is 9.43. The average molecular weight is 462 g/mol. The minimum Gasteiger partial charge on any atom is -0.497 e. The van der Waals surface area contributed by atoms with Crippen LogP contribution < -0.4 is 10.1 Å². The highest BCUT2D eigenvalue weighted by Crippen LogP contribution is 2.30. The summed E-state index contributed by atoms with van der Waals surface area (Å²) in [5, 5.41) is 3.72. The first-order valence-corrected chi connectivity index (χ1v) is 10.2. The van der Waals surface area contributed by atoms with Crippen LogP contribution in [0, 0.1) is 0 Å². The van der Waals surface area contributed by atoms with E-state index >= 15 is 0 Å². The molecular weight excluding hydrogens is 441 g/mol. The first kappa shape index (κ1) is 22.7. The molecule has 0 saturated carbocycles. The molecule has 7 nitrogen and oxygen atoms in total. The number of amides is 2. The highest BCUT2D eigenvalue weighted by molar-refractivity contribution is 6.36. The molecule has 1 heterocycles. The van der Waals surface area contributed by atoms with E-state index in [1.54, 1.807) is 62.8 Å². The number of ether oxygens (including phenoxy) is 1. The van der Waals surface area contributed by atoms with Crippen LogP contribution in [0.3, 0.4) is 0 Å². The molecular formula is C22H21Cl2N3O4. The number of benzene rings is 2. The van der Waals surface area contributed by atoms with Gasteiger partial charge < -0.3 is 19.4 Å². The number of nitrogens with one attached hydrogen (secondary N) is 1. The molecule has 2 aromatic carbocycles. The monoisotopic (exact) mass is 461 g/mol. The number of oxazole rings is 1. The molecule has 0 aliphatic rings. The lowest BCUT2D eigenvalue weighted by atomic mass is 10.2. The number of rotatable bonds is 8. The Morgan fingerprint density at radius 1 is 1.16 bits per heavy atom. The van der Waals surface area contributed by atoms with Crippen molar-refractivity contribution < 1.29 is 18.7 Å². The number of aryl methyl sites for hydroxylation is 1. The molecule has 31 heavy (non-hydrogen) atoms. The van der Waals surface area contributed by atoms with Crippen LogP contribution in [-0.2, 0) is 16.0 Å². The summed E-state index contributed by atoms with van der Waals surface area (Å²) < 4.78 is 10.8. The van der Waals surface area contributed by atoms with Crippen LogP contribution in [0.5, 0.6) is 5.75 Å². The van der Waals surface area contributed by atoms with E-state index in [1.165, 1.54) is 4.90 Å². The smallest absolute Gasteiger partial charge is 0.243 e. The van der Waals surface area contributed by atoms with Gasteiger partial charge in [0.15, 0.2) is 11.7 Å². The largest absolute Gasteiger partial charge is 0.497 e. The second-order valence-electron chi connectivity index (χ2n) is 6.77. The van der Waals surface area contributed by atoms with Gasteiger partial charge in [0.25, 0.3) is 0 Å². The van der Waals surface area contributed by atoms with Crippen molar-refractivity contribution >= 4 is 40.7 Å². The third-order valence-corrected chi connectivity index (χ3v) is 5.03. The zero-order valence-corrected chi connectivity index (χ0v) is 18.5. The van der Waals surface area contributed by atoms with Crippen molar-refractivity contribution in [2.75, 3.05) is 26.0 Å². The van der Waals surface area contributed by atoms with Crippen molar-refractivity contribution in [3.63, 3.8) is 0 Å². The second-order valence-corrected chi connectivity index (χ2v) is 7.61. The summed E-state index contributed by atoms with van der Waals surface area (Å²) in [4.78, 5) is 30.1. The number of carbonyl (C=O) groups excluding carboxylic acids is 2. The van der Waals surface area contributed by atoms with Crippen LogP contribution in [-0.4, -0.2) is 42.4 Å². The SMILES string of the molecule is COc1ccc(NC(=O)CN(C)C(=O)CCc2ncc(-c3ccc(Cl)cc3Cl)o2)cc1. The number of anilines is 1. The van der Waals surface area contributed by atoms with Crippen molar-refractivity contribution in [3.8, 4) is 17.1 Å². The predicted molar refractivity (Wildman–Crippen MR) is 120 cm³/mol. The van der Waals surface area contributed by atoms with Gasteiger partial charge in [-0.2, -0.15) is 0 Å². The van der Waals surface area contributed by atoms with Crippen LogP contribution in [0.4, 0.5) is 5.69 Å². The maximum Gasteiger partial charge on any atom is 0.243 e. The summed E-state index contributed by atoms with van der Waals surface area (Å²) in [7, 11) is 3.14. The molecule has 0 unspecified atom stereocenters. The Hall–Kier alpha value is -3.03. The number of likely N-dealkylation sites (N-methyl/N-ethyl adjacent to an activating group) is 1. The van der Waals surface area contributed by atoms with Crippen molar-refractivity contribution in [1.29, 1.82) is 0 Å². The standard InChI is InChI=1S/C22H21Cl2N3O4/c1-27(13-20(28)26-15-4-6-16(30-2)7-5-15)22(29)10-9-21-25-12-19(31-21)17-8-3-14(23)11-18(17)24/h3-8,11-12H,9-10,13H2,1-2H3,(H,26,28). The molecule has 0 bridgehead atoms. The Bertz CT molecular complexity index is 1070. The lowest BCUT2D eigenvalue weighted by molar-refractivity contribution is -0.133. The van der Waals surface area contributed by atoms with E-state index in [-0.39, 0.29) is 24.8 Å². The van der Waals surface area contributed by atoms with Gasteiger partial charge in [0.1, 0.15) is 5.75 Å². The maximum absolute atomic E-state index is 12.4. The highest BCUT2D eigenvalue weighted by Gasteiger charge is 2.16. The van der Waals surface area contributed by atoms with Gasteiger partial charge in [-0.1, -0.05) is 23.2 Å². The molecule has 0 atom stereocenters. The van der Waals surface area contributed by atoms with Crippen molar-refractivity contribution in [2.24, 2.45) is 0 Å². The van der Waals surface area contributed by atoms with Crippen molar-refractivity contribution in [3.05, 3.63) is 64.6 Å². The minimum atomic E-state index is -0.295. The highest BCUT2D eigenvalue weighted by atomic mass is 35.5. The number of carbonyl (C=O) groups is 2. The quantitative estimate of drug-likeness (QED) is 0.525. The molecule has 3 aromatic rings. The van der Waals surface area contributed by atoms with Gasteiger partial charge in [-0.25, -0.2) is 4.98 Å². The summed E-state index contributed by atoms with van der Waals surface area (Å²) in [6.45, 7) is -0.0674. The number of nitrogens with zero attached hydrogens (tertiary/aromatic N) is 2. The molecule has 3 rings (SSSR count). The van der Waals surface area contributed by atoms with E-state index in [4.69, 9.17) is 32.4 Å². The summed E-state index contributed by atoms with van der Waals surface area (Å²) in [5.74, 6) is 1.10. The molecule has 162 valence electrons. The Morgan fingerprint density at radius 3 is 2.58 bits per heavy atom. The molecule has 2 amide bonds. The summed E-state index contributed by atoms with van der Waals surface area (Å²) in [6, 6.07) is 12.0. The summed E-state index contributed by atoms with van der Waals surface area (Å²) in [6.07, 6.45) is 2.01. The Balaban J connectivity index is 1.49. The van der Waals surface area contributed by atoms with E-state index in [0.717, 1.165) is 0 Å². The summed E-state index contributed by atoms with van der Waals surface area (Å²) in [5.41, 5.74) is 1.29. The number of methoxy groups -OCH3 is 1. The minimum absolute atomic E-state index is 0.0674. The molecule has 0 radical (unpaired) electrons. The number of halogens is 2. The van der Waals surface area contributed by atoms with Gasteiger partial charge in [-0.15, -0.1) is 0 Å². The fraction of sp³-hybridized carbons (Fsp3) is 0.227. The van der Waals surface area contributed by atoms with Crippen LogP contribution in [0.15, 0.2) is 53.1 Å². The maximum atomic E-state index is 12.4. The van der Waals surface area contributed by atoms with Crippen molar-refractivity contribution in [1.82, 2.24) is 9.88 Å². The first-order chi connectivity index (χ1) is 14.9. The van der Waals surface area contributed by atoms with Gasteiger partial charge in [0.05, 0.1) is 24.9 Å². The molecule has 9 heteroatoms. The van der Waals surface area contributed by atoms with E-state index in [9.17, 15) is 9.59 Å². The molecule has 1 aromatic heterocycles. The van der Waals surface area contributed by atoms with Gasteiger partial charge >= 0.3 is 0 Å². The van der Waals surface area contributed by atoms with Gasteiger partial charge in [-0.3, -0.25) is 9.59 Å². The lowest BCUT2D eigenvalue weighted by Crippen LogP contribution is -2.35. The average Bonchev–Trinajstić information content (AvgIpc) is 3.21. The fourth-order valence-electron chi connectivity index (χ4n) is 2.82. The van der Waals surface area contributed by atoms with Gasteiger partial charge in [0, 0.05) is 36.2 Å². The van der Waals surface area contributed by atoms with E-state index < -0.39 is 0 Å². The van der Waals surface area contributed by atoms with Crippen LogP contribution in [0.1, 0.15) is 12.3 Å². The predicted octanol–water partition coefficient (Wildman–Crippen LogP) is 4.69. The van der Waals surface area contributed by atoms with Crippen LogP contribution in [0.25, 0.3) is 11.3 Å². The van der Waals surface area contributed by atoms with Crippen LogP contribution >= 0.6 is 23.2 Å².